The summed E-state index contributed by atoms with van der Waals surface area (Å²) in [5, 5.41) is 7.45. The molecule has 1 aromatic carbocycles. The van der Waals surface area contributed by atoms with Gasteiger partial charge >= 0.3 is 0 Å². The summed E-state index contributed by atoms with van der Waals surface area (Å²) in [7, 11) is 0. The molecule has 0 radical (unpaired) electrons. The zero-order valence-corrected chi connectivity index (χ0v) is 11.2. The van der Waals surface area contributed by atoms with Crippen LogP contribution in [0.5, 0.6) is 5.75 Å². The Bertz CT molecular complexity index is 469. The van der Waals surface area contributed by atoms with Gasteiger partial charge in [0.2, 0.25) is 0 Å². The van der Waals surface area contributed by atoms with E-state index in [4.69, 9.17) is 20.6 Å². The van der Waals surface area contributed by atoms with Gasteiger partial charge in [-0.2, -0.15) is 0 Å². The molecule has 104 valence electrons. The van der Waals surface area contributed by atoms with Gasteiger partial charge in [-0.25, -0.2) is 4.39 Å². The van der Waals surface area contributed by atoms with E-state index in [1.807, 2.05) is 13.8 Å². The second kappa shape index (κ2) is 5.57. The minimum Gasteiger partial charge on any atom is -0.489 e. The minimum atomic E-state index is -0.529. The van der Waals surface area contributed by atoms with Crippen LogP contribution in [0.3, 0.4) is 0 Å². The van der Waals surface area contributed by atoms with Gasteiger partial charge in [0, 0.05) is 12.8 Å². The van der Waals surface area contributed by atoms with Gasteiger partial charge in [0.1, 0.15) is 23.5 Å². The number of ether oxygens (including phenoxy) is 2. The maximum Gasteiger partial charge on any atom is 0.137 e. The van der Waals surface area contributed by atoms with Crippen molar-refractivity contribution in [2.45, 2.75) is 45.0 Å². The van der Waals surface area contributed by atoms with Gasteiger partial charge in [0.05, 0.1) is 17.8 Å². The average molecular weight is 266 g/mol. The molecule has 5 heteroatoms. The topological polar surface area (TPSA) is 68.3 Å². The van der Waals surface area contributed by atoms with Crippen molar-refractivity contribution in [2.75, 3.05) is 0 Å². The van der Waals surface area contributed by atoms with Crippen LogP contribution in [0, 0.1) is 11.2 Å². The SMILES string of the molecule is CC1CC(Oc2cccc(F)c2C(=N)N)CC(C)O1. The van der Waals surface area contributed by atoms with Crippen LogP contribution in [0.25, 0.3) is 0 Å². The van der Waals surface area contributed by atoms with Crippen molar-refractivity contribution in [3.8, 4) is 5.75 Å². The maximum atomic E-state index is 13.7. The fourth-order valence-electron chi connectivity index (χ4n) is 2.48. The molecule has 0 aromatic heterocycles. The highest BCUT2D eigenvalue weighted by Gasteiger charge is 2.27. The van der Waals surface area contributed by atoms with Crippen LogP contribution in [0.15, 0.2) is 18.2 Å². The van der Waals surface area contributed by atoms with Crippen molar-refractivity contribution < 1.29 is 13.9 Å². The number of nitrogen functional groups attached to an aromatic ring is 1. The fraction of sp³-hybridized carbons (Fsp3) is 0.500. The summed E-state index contributed by atoms with van der Waals surface area (Å²) in [4.78, 5) is 0. The minimum absolute atomic E-state index is 0.0364. The highest BCUT2D eigenvalue weighted by Crippen LogP contribution is 2.27. The predicted molar refractivity (Wildman–Crippen MR) is 71.1 cm³/mol. The number of hydrogen-bond donors (Lipinski definition) is 2. The average Bonchev–Trinajstić information content (AvgIpc) is 2.26. The van der Waals surface area contributed by atoms with Crippen LogP contribution in [0.4, 0.5) is 4.39 Å². The molecule has 1 aliphatic rings. The molecule has 0 saturated carbocycles. The standard InChI is InChI=1S/C14H19FN2O2/c1-8-6-10(7-9(2)18-8)19-12-5-3-4-11(15)13(12)14(16)17/h3-5,8-10H,6-7H2,1-2H3,(H3,16,17). The Kier molecular flexibility index (Phi) is 4.04. The van der Waals surface area contributed by atoms with E-state index in [1.54, 1.807) is 12.1 Å². The van der Waals surface area contributed by atoms with Gasteiger partial charge in [-0.1, -0.05) is 6.07 Å². The van der Waals surface area contributed by atoms with Gasteiger partial charge in [0.15, 0.2) is 0 Å². The third kappa shape index (κ3) is 3.23. The Morgan fingerprint density at radius 3 is 2.58 bits per heavy atom. The summed E-state index contributed by atoms with van der Waals surface area (Å²) in [5.41, 5.74) is 5.45. The summed E-state index contributed by atoms with van der Waals surface area (Å²) in [5.74, 6) is -0.516. The molecule has 4 nitrogen and oxygen atoms in total. The van der Waals surface area contributed by atoms with Gasteiger partial charge < -0.3 is 15.2 Å². The van der Waals surface area contributed by atoms with Crippen molar-refractivity contribution >= 4 is 5.84 Å². The number of nitrogens with one attached hydrogen (secondary N) is 1. The molecule has 1 heterocycles. The molecule has 1 saturated heterocycles. The number of amidine groups is 1. The molecule has 0 aliphatic carbocycles. The van der Waals surface area contributed by atoms with E-state index < -0.39 is 5.82 Å². The van der Waals surface area contributed by atoms with Gasteiger partial charge in [-0.3, -0.25) is 5.41 Å². The summed E-state index contributed by atoms with van der Waals surface area (Å²) < 4.78 is 25.1. The van der Waals surface area contributed by atoms with Crippen LogP contribution < -0.4 is 10.5 Å². The van der Waals surface area contributed by atoms with E-state index in [1.165, 1.54) is 6.07 Å². The smallest absolute Gasteiger partial charge is 0.137 e. The van der Waals surface area contributed by atoms with Crippen LogP contribution >= 0.6 is 0 Å². The van der Waals surface area contributed by atoms with E-state index in [2.05, 4.69) is 0 Å². The number of halogens is 1. The molecule has 1 fully saturated rings. The lowest BCUT2D eigenvalue weighted by molar-refractivity contribution is -0.0722. The Hall–Kier alpha value is -1.62. The van der Waals surface area contributed by atoms with Gasteiger partial charge in [0.25, 0.3) is 0 Å². The lowest BCUT2D eigenvalue weighted by atomic mass is 10.0. The first kappa shape index (κ1) is 13.8. The predicted octanol–water partition coefficient (Wildman–Crippen LogP) is 2.44. The van der Waals surface area contributed by atoms with Gasteiger partial charge in [-0.15, -0.1) is 0 Å². The van der Waals surface area contributed by atoms with E-state index >= 15 is 0 Å². The second-order valence-electron chi connectivity index (χ2n) is 5.00. The summed E-state index contributed by atoms with van der Waals surface area (Å²) in [6, 6.07) is 4.48. The number of benzene rings is 1. The Morgan fingerprint density at radius 2 is 2.00 bits per heavy atom. The highest BCUT2D eigenvalue weighted by atomic mass is 19.1. The summed E-state index contributed by atoms with van der Waals surface area (Å²) in [6.45, 7) is 3.98. The lowest BCUT2D eigenvalue weighted by Gasteiger charge is -2.32. The Morgan fingerprint density at radius 1 is 1.37 bits per heavy atom. The zero-order valence-electron chi connectivity index (χ0n) is 11.2. The van der Waals surface area contributed by atoms with Crippen LogP contribution in [0.1, 0.15) is 32.3 Å². The molecule has 1 aromatic rings. The van der Waals surface area contributed by atoms with E-state index in [9.17, 15) is 4.39 Å². The van der Waals surface area contributed by atoms with Gasteiger partial charge in [-0.05, 0) is 26.0 Å². The number of nitrogens with two attached hydrogens (primary N) is 1. The molecule has 1 aliphatic heterocycles. The highest BCUT2D eigenvalue weighted by molar-refractivity contribution is 5.97. The molecule has 0 spiro atoms. The van der Waals surface area contributed by atoms with Crippen molar-refractivity contribution in [3.05, 3.63) is 29.6 Å². The fourth-order valence-corrected chi connectivity index (χ4v) is 2.48. The second-order valence-corrected chi connectivity index (χ2v) is 5.00. The molecule has 0 amide bonds. The van der Waals surface area contributed by atoms with Crippen LogP contribution in [-0.2, 0) is 4.74 Å². The third-order valence-corrected chi connectivity index (χ3v) is 3.19. The van der Waals surface area contributed by atoms with Crippen molar-refractivity contribution in [1.82, 2.24) is 0 Å². The normalized spacial score (nSPS) is 27.0. The number of rotatable bonds is 3. The largest absolute Gasteiger partial charge is 0.489 e. The van der Waals surface area contributed by atoms with Crippen molar-refractivity contribution in [1.29, 1.82) is 5.41 Å². The maximum absolute atomic E-state index is 13.7. The van der Waals surface area contributed by atoms with Crippen molar-refractivity contribution in [2.24, 2.45) is 5.73 Å². The first-order chi connectivity index (χ1) is 8.97. The molecular formula is C14H19FN2O2. The monoisotopic (exact) mass is 266 g/mol. The first-order valence-electron chi connectivity index (χ1n) is 6.42. The van der Waals surface area contributed by atoms with Crippen LogP contribution in [0.2, 0.25) is 0 Å². The quantitative estimate of drug-likeness (QED) is 0.652. The summed E-state index contributed by atoms with van der Waals surface area (Å²) >= 11 is 0. The first-order valence-corrected chi connectivity index (χ1v) is 6.42. The molecule has 3 N–H and O–H groups in total. The molecular weight excluding hydrogens is 247 g/mol. The third-order valence-electron chi connectivity index (χ3n) is 3.19. The van der Waals surface area contributed by atoms with E-state index in [0.29, 0.717) is 5.75 Å². The van der Waals surface area contributed by atoms with E-state index in [0.717, 1.165) is 12.8 Å². The Labute approximate surface area is 112 Å². The molecule has 0 bridgehead atoms. The summed E-state index contributed by atoms with van der Waals surface area (Å²) in [6.07, 6.45) is 1.68. The number of hydrogen-bond acceptors (Lipinski definition) is 3. The Balaban J connectivity index is 2.19. The molecule has 2 unspecified atom stereocenters. The lowest BCUT2D eigenvalue weighted by Crippen LogP contribution is -2.36. The molecule has 2 atom stereocenters. The molecule has 2 rings (SSSR count). The van der Waals surface area contributed by atoms with Crippen molar-refractivity contribution in [3.63, 3.8) is 0 Å². The van der Waals surface area contributed by atoms with Crippen LogP contribution in [-0.4, -0.2) is 24.1 Å². The van der Waals surface area contributed by atoms with E-state index in [-0.39, 0.29) is 29.7 Å². The zero-order chi connectivity index (χ0) is 14.0. The molecule has 19 heavy (non-hydrogen) atoms.